The number of unbranched alkanes of at least 4 members (excludes halogenated alkanes) is 1. The molecule has 1 amide bonds. The summed E-state index contributed by atoms with van der Waals surface area (Å²) in [6, 6.07) is 11.0. The van der Waals surface area contributed by atoms with E-state index in [9.17, 15) is 24.9 Å². The fourth-order valence-corrected chi connectivity index (χ4v) is 10.4. The second-order valence-electron chi connectivity index (χ2n) is 14.9. The van der Waals surface area contributed by atoms with E-state index in [1.54, 1.807) is 19.2 Å². The molecule has 0 bridgehead atoms. The first kappa shape index (κ1) is 40.9. The number of carbonyl (C=O) groups is 2. The minimum Gasteiger partial charge on any atom is -0.496 e. The van der Waals surface area contributed by atoms with Crippen molar-refractivity contribution in [2.75, 3.05) is 33.9 Å². The first-order valence-corrected chi connectivity index (χ1v) is 21.3. The SMILES string of the molecule is COc1cc(OCCCCN(C)C2CCC(OC(=O)C(O)(c3cccs3)c3cccs3)CC2)c(Cl)cc1CNC[C@H](O)C1CCC(O)C2NC(=O)CCC21. The third kappa shape index (κ3) is 9.61. The predicted molar refractivity (Wildman–Crippen MR) is 210 cm³/mol. The van der Waals surface area contributed by atoms with Crippen LogP contribution in [0.3, 0.4) is 0 Å². The molecule has 1 aliphatic heterocycles. The summed E-state index contributed by atoms with van der Waals surface area (Å²) in [5.41, 5.74) is -0.919. The minimum absolute atomic E-state index is 0.00159. The largest absolute Gasteiger partial charge is 0.496 e. The molecule has 0 radical (unpaired) electrons. The van der Waals surface area contributed by atoms with Crippen LogP contribution in [0.4, 0.5) is 0 Å². The number of rotatable bonds is 17. The van der Waals surface area contributed by atoms with E-state index in [0.29, 0.717) is 71.3 Å². The van der Waals surface area contributed by atoms with E-state index in [-0.39, 0.29) is 29.9 Å². The van der Waals surface area contributed by atoms with Gasteiger partial charge in [-0.15, -0.1) is 22.7 Å². The molecule has 0 spiro atoms. The van der Waals surface area contributed by atoms with Gasteiger partial charge in [0.2, 0.25) is 11.5 Å². The molecule has 3 fully saturated rings. The van der Waals surface area contributed by atoms with Crippen LogP contribution >= 0.6 is 34.3 Å². The molecule has 54 heavy (non-hydrogen) atoms. The molecule has 4 unspecified atom stereocenters. The van der Waals surface area contributed by atoms with Crippen LogP contribution in [-0.4, -0.2) is 96.3 Å². The number of nitrogens with zero attached hydrogens (tertiary/aromatic N) is 1. The second-order valence-corrected chi connectivity index (χ2v) is 17.2. The molecule has 1 saturated heterocycles. The van der Waals surface area contributed by atoms with Crippen LogP contribution in [0, 0.1) is 11.8 Å². The Labute approximate surface area is 331 Å². The highest BCUT2D eigenvalue weighted by atomic mass is 35.5. The zero-order chi connectivity index (χ0) is 38.2. The van der Waals surface area contributed by atoms with Gasteiger partial charge >= 0.3 is 5.97 Å². The third-order valence-electron chi connectivity index (χ3n) is 11.5. The number of piperidine rings is 1. The first-order chi connectivity index (χ1) is 26.1. The average Bonchev–Trinajstić information content (AvgIpc) is 3.92. The van der Waals surface area contributed by atoms with Crippen molar-refractivity contribution in [1.82, 2.24) is 15.5 Å². The maximum Gasteiger partial charge on any atom is 0.349 e. The summed E-state index contributed by atoms with van der Waals surface area (Å²) in [5, 5.41) is 43.5. The van der Waals surface area contributed by atoms with Crippen molar-refractivity contribution in [1.29, 1.82) is 0 Å². The van der Waals surface area contributed by atoms with Gasteiger partial charge in [-0.2, -0.15) is 0 Å². The maximum atomic E-state index is 13.4. The summed E-state index contributed by atoms with van der Waals surface area (Å²) in [5.74, 6) is 0.646. The predicted octanol–water partition coefficient (Wildman–Crippen LogP) is 5.47. The molecule has 3 aliphatic rings. The number of halogens is 1. The molecule has 2 aliphatic carbocycles. The number of carbonyl (C=O) groups excluding carboxylic acids is 2. The average molecular weight is 804 g/mol. The lowest BCUT2D eigenvalue weighted by Gasteiger charge is -2.45. The fourth-order valence-electron chi connectivity index (χ4n) is 8.42. The summed E-state index contributed by atoms with van der Waals surface area (Å²) in [4.78, 5) is 28.8. The molecule has 2 aromatic heterocycles. The third-order valence-corrected chi connectivity index (χ3v) is 13.8. The molecule has 6 rings (SSSR count). The summed E-state index contributed by atoms with van der Waals surface area (Å²) in [7, 11) is 3.75. The number of hydrogen-bond acceptors (Lipinski definition) is 12. The number of fused-ring (bicyclic) bond motifs is 1. The van der Waals surface area contributed by atoms with E-state index in [1.807, 2.05) is 35.0 Å². The lowest BCUT2D eigenvalue weighted by molar-refractivity contribution is -0.169. The topological polar surface area (TPSA) is 150 Å². The van der Waals surface area contributed by atoms with Gasteiger partial charge in [0, 0.05) is 37.2 Å². The molecule has 2 saturated carbocycles. The molecule has 3 aromatic rings. The Morgan fingerprint density at radius 3 is 2.44 bits per heavy atom. The van der Waals surface area contributed by atoms with Crippen LogP contribution < -0.4 is 20.1 Å². The Kier molecular flexibility index (Phi) is 14.3. The van der Waals surface area contributed by atoms with E-state index in [4.69, 9.17) is 25.8 Å². The number of esters is 1. The molecule has 3 heterocycles. The smallest absolute Gasteiger partial charge is 0.349 e. The zero-order valence-corrected chi connectivity index (χ0v) is 33.5. The first-order valence-electron chi connectivity index (χ1n) is 19.2. The Morgan fingerprint density at radius 2 is 1.78 bits per heavy atom. The molecule has 5 atom stereocenters. The van der Waals surface area contributed by atoms with Crippen LogP contribution in [0.25, 0.3) is 0 Å². The number of hydrogen-bond donors (Lipinski definition) is 5. The quantitative estimate of drug-likeness (QED) is 0.0879. The van der Waals surface area contributed by atoms with Gasteiger partial charge in [-0.25, -0.2) is 4.79 Å². The minimum atomic E-state index is -1.78. The number of benzene rings is 1. The highest BCUT2D eigenvalue weighted by Gasteiger charge is 2.46. The Morgan fingerprint density at radius 1 is 1.06 bits per heavy atom. The maximum absolute atomic E-state index is 13.4. The molecular weight excluding hydrogens is 750 g/mol. The van der Waals surface area contributed by atoms with Crippen LogP contribution in [0.5, 0.6) is 11.5 Å². The number of aliphatic hydroxyl groups is 3. The standard InChI is InChI=1S/C40H54ClN3O8S2/c1-44(26-9-11-27(12-10-26)52-39(48)40(49,35-7-5-19-53-35)36-8-6-20-54-36)17-3-4-18-51-34-22-33(50-2)25(21-30(34)41)23-42-24-32(46)28-13-15-31(45)38-29(28)14-16-37(47)43-38/h5-8,19-22,26-29,31-32,38,42,45-46,49H,3-4,9-18,23-24H2,1-2H3,(H,43,47)/t26?,27?,28?,29?,31?,32-,38?/m0/s1. The summed E-state index contributed by atoms with van der Waals surface area (Å²) in [6.07, 6.45) is 6.16. The van der Waals surface area contributed by atoms with Gasteiger partial charge in [0.25, 0.3) is 0 Å². The van der Waals surface area contributed by atoms with Crippen molar-refractivity contribution in [3.8, 4) is 11.5 Å². The summed E-state index contributed by atoms with van der Waals surface area (Å²) >= 11 is 9.34. The number of methoxy groups -OCH3 is 1. The van der Waals surface area contributed by atoms with Gasteiger partial charge in [0.15, 0.2) is 0 Å². The molecule has 296 valence electrons. The molecule has 5 N–H and O–H groups in total. The van der Waals surface area contributed by atoms with E-state index in [1.165, 1.54) is 22.7 Å². The van der Waals surface area contributed by atoms with Crippen molar-refractivity contribution >= 4 is 46.2 Å². The number of ether oxygens (including phenoxy) is 3. The van der Waals surface area contributed by atoms with Crippen LogP contribution in [0.2, 0.25) is 5.02 Å². The molecule has 11 nitrogen and oxygen atoms in total. The van der Waals surface area contributed by atoms with Gasteiger partial charge in [0.05, 0.1) is 46.7 Å². The summed E-state index contributed by atoms with van der Waals surface area (Å²) in [6.45, 7) is 2.25. The number of thiophene rings is 2. The van der Waals surface area contributed by atoms with Gasteiger partial charge in [0.1, 0.15) is 17.6 Å². The number of nitrogens with one attached hydrogen (secondary N) is 2. The second kappa shape index (κ2) is 18.9. The Balaban J connectivity index is 0.894. The highest BCUT2D eigenvalue weighted by Crippen LogP contribution is 2.40. The van der Waals surface area contributed by atoms with E-state index in [2.05, 4.69) is 22.6 Å². The molecule has 1 aromatic carbocycles. The van der Waals surface area contributed by atoms with Crippen molar-refractivity contribution in [3.63, 3.8) is 0 Å². The van der Waals surface area contributed by atoms with E-state index in [0.717, 1.165) is 57.1 Å². The Bertz CT molecular complexity index is 1620. The number of aliphatic hydroxyl groups excluding tert-OH is 2. The van der Waals surface area contributed by atoms with Gasteiger partial charge in [-0.3, -0.25) is 4.79 Å². The van der Waals surface area contributed by atoms with Crippen molar-refractivity contribution < 1.29 is 39.1 Å². The van der Waals surface area contributed by atoms with Crippen molar-refractivity contribution in [2.45, 2.75) is 107 Å². The summed E-state index contributed by atoms with van der Waals surface area (Å²) < 4.78 is 17.7. The molecule has 14 heteroatoms. The normalized spacial score (nSPS) is 25.1. The molecular formula is C40H54ClN3O8S2. The van der Waals surface area contributed by atoms with E-state index < -0.39 is 23.8 Å². The van der Waals surface area contributed by atoms with Crippen LogP contribution in [-0.2, 0) is 26.5 Å². The van der Waals surface area contributed by atoms with Gasteiger partial charge in [-0.05, 0) is 112 Å². The number of amides is 1. The fraction of sp³-hybridized carbons (Fsp3) is 0.600. The van der Waals surface area contributed by atoms with E-state index >= 15 is 0 Å². The highest BCUT2D eigenvalue weighted by molar-refractivity contribution is 7.12. The van der Waals surface area contributed by atoms with Crippen LogP contribution in [0.1, 0.15) is 79.5 Å². The lowest BCUT2D eigenvalue weighted by Crippen LogP contribution is -2.58. The van der Waals surface area contributed by atoms with Crippen LogP contribution in [0.15, 0.2) is 47.2 Å². The van der Waals surface area contributed by atoms with Crippen molar-refractivity contribution in [2.24, 2.45) is 11.8 Å². The zero-order valence-electron chi connectivity index (χ0n) is 31.1. The van der Waals surface area contributed by atoms with Crippen molar-refractivity contribution in [3.05, 3.63) is 67.5 Å². The lowest BCUT2D eigenvalue weighted by atomic mass is 9.68. The monoisotopic (exact) mass is 803 g/mol. The Hall–Kier alpha value is -2.75. The van der Waals surface area contributed by atoms with Gasteiger partial charge in [-0.1, -0.05) is 23.7 Å². The van der Waals surface area contributed by atoms with Gasteiger partial charge < -0.3 is 45.1 Å².